The van der Waals surface area contributed by atoms with Crippen molar-refractivity contribution in [2.24, 2.45) is 5.10 Å². The van der Waals surface area contributed by atoms with Crippen molar-refractivity contribution >= 4 is 38.6 Å². The molecule has 0 fully saturated rings. The first kappa shape index (κ1) is 23.6. The van der Waals surface area contributed by atoms with Gasteiger partial charge in [0.05, 0.1) is 23.9 Å². The van der Waals surface area contributed by atoms with Gasteiger partial charge >= 0.3 is 0 Å². The molecular weight excluding hydrogens is 474 g/mol. The second-order valence-electron chi connectivity index (χ2n) is 8.44. The number of nitrogens with one attached hydrogen (secondary N) is 1. The molecule has 0 heterocycles. The van der Waals surface area contributed by atoms with Crippen LogP contribution in [0.15, 0.2) is 94.9 Å². The number of hydrogen-bond donors (Lipinski definition) is 1. The van der Waals surface area contributed by atoms with Gasteiger partial charge in [-0.2, -0.15) is 5.10 Å². The molecule has 0 bridgehead atoms. The molecule has 0 unspecified atom stereocenters. The molecule has 1 amide bonds. The Bertz CT molecular complexity index is 1560. The lowest BCUT2D eigenvalue weighted by atomic mass is 10.0. The molecular formula is C28H25N3O4S. The van der Waals surface area contributed by atoms with Crippen molar-refractivity contribution in [1.29, 1.82) is 0 Å². The first-order valence-corrected chi connectivity index (χ1v) is 13.0. The summed E-state index contributed by atoms with van der Waals surface area (Å²) in [4.78, 5) is 13.0. The van der Waals surface area contributed by atoms with Gasteiger partial charge in [-0.1, -0.05) is 60.7 Å². The minimum absolute atomic E-state index is 0.0695. The second kappa shape index (κ2) is 9.83. The zero-order valence-electron chi connectivity index (χ0n) is 19.7. The van der Waals surface area contributed by atoms with Gasteiger partial charge in [0.2, 0.25) is 0 Å². The van der Waals surface area contributed by atoms with E-state index >= 15 is 0 Å². The van der Waals surface area contributed by atoms with E-state index < -0.39 is 22.5 Å². The molecule has 0 saturated carbocycles. The number of anilines is 1. The number of carbonyl (C=O) groups excluding carboxylic acids is 1. The highest BCUT2D eigenvalue weighted by molar-refractivity contribution is 7.92. The summed E-state index contributed by atoms with van der Waals surface area (Å²) in [7, 11) is -2.60. The fourth-order valence-electron chi connectivity index (χ4n) is 4.58. The van der Waals surface area contributed by atoms with Gasteiger partial charge in [0.1, 0.15) is 12.3 Å². The molecule has 182 valence electrons. The summed E-state index contributed by atoms with van der Waals surface area (Å²) < 4.78 is 33.4. The number of aryl methyl sites for hydroxylation is 2. The lowest BCUT2D eigenvalue weighted by molar-refractivity contribution is -0.119. The van der Waals surface area contributed by atoms with Crippen molar-refractivity contribution < 1.29 is 17.9 Å². The number of nitrogens with zero attached hydrogens (tertiary/aromatic N) is 2. The minimum atomic E-state index is -4.05. The summed E-state index contributed by atoms with van der Waals surface area (Å²) in [5.41, 5.74) is 6.27. The van der Waals surface area contributed by atoms with Crippen molar-refractivity contribution in [2.75, 3.05) is 18.0 Å². The fourth-order valence-corrected chi connectivity index (χ4v) is 6.03. The van der Waals surface area contributed by atoms with E-state index in [9.17, 15) is 13.2 Å². The summed E-state index contributed by atoms with van der Waals surface area (Å²) >= 11 is 0. The molecule has 0 spiro atoms. The monoisotopic (exact) mass is 499 g/mol. The number of para-hydroxylation sites is 2. The van der Waals surface area contributed by atoms with E-state index in [0.717, 1.165) is 28.1 Å². The lowest BCUT2D eigenvalue weighted by Crippen LogP contribution is -2.39. The quantitative estimate of drug-likeness (QED) is 0.289. The third kappa shape index (κ3) is 4.43. The molecule has 1 aliphatic carbocycles. The molecule has 0 saturated heterocycles. The zero-order chi connectivity index (χ0) is 25.1. The number of rotatable bonds is 8. The van der Waals surface area contributed by atoms with Gasteiger partial charge in [0.25, 0.3) is 15.9 Å². The van der Waals surface area contributed by atoms with Crippen LogP contribution in [-0.2, 0) is 27.7 Å². The van der Waals surface area contributed by atoms with Crippen LogP contribution in [0, 0.1) is 0 Å². The molecule has 36 heavy (non-hydrogen) atoms. The van der Waals surface area contributed by atoms with Crippen molar-refractivity contribution in [1.82, 2.24) is 5.43 Å². The molecule has 0 atom stereocenters. The molecule has 8 heteroatoms. The lowest BCUT2D eigenvalue weighted by Gasteiger charge is -2.25. The Balaban J connectivity index is 1.41. The third-order valence-corrected chi connectivity index (χ3v) is 8.05. The number of benzene rings is 4. The number of hydrazone groups is 1. The molecule has 0 aliphatic heterocycles. The molecule has 0 aromatic heterocycles. The van der Waals surface area contributed by atoms with Crippen LogP contribution in [0.3, 0.4) is 0 Å². The van der Waals surface area contributed by atoms with Gasteiger partial charge in [-0.15, -0.1) is 0 Å². The van der Waals surface area contributed by atoms with E-state index in [2.05, 4.69) is 22.7 Å². The number of carbonyl (C=O) groups is 1. The Morgan fingerprint density at radius 2 is 1.67 bits per heavy atom. The maximum Gasteiger partial charge on any atom is 0.264 e. The number of sulfonamides is 1. The van der Waals surface area contributed by atoms with Crippen LogP contribution in [-0.4, -0.2) is 34.2 Å². The van der Waals surface area contributed by atoms with Crippen molar-refractivity contribution in [3.8, 4) is 5.75 Å². The summed E-state index contributed by atoms with van der Waals surface area (Å²) in [6.07, 6.45) is 3.65. The van der Waals surface area contributed by atoms with Crippen LogP contribution < -0.4 is 14.5 Å². The molecule has 4 aromatic carbocycles. The number of methoxy groups -OCH3 is 1. The highest BCUT2D eigenvalue weighted by atomic mass is 32.2. The van der Waals surface area contributed by atoms with Crippen LogP contribution in [0.25, 0.3) is 10.8 Å². The number of hydrogen-bond acceptors (Lipinski definition) is 5. The number of amides is 1. The van der Waals surface area contributed by atoms with Gasteiger partial charge in [-0.3, -0.25) is 9.10 Å². The van der Waals surface area contributed by atoms with E-state index in [1.807, 2.05) is 18.2 Å². The summed E-state index contributed by atoms with van der Waals surface area (Å²) in [6, 6.07) is 25.0. The van der Waals surface area contributed by atoms with Crippen LogP contribution in [0.5, 0.6) is 5.75 Å². The topological polar surface area (TPSA) is 88.1 Å². The molecule has 1 N–H and O–H groups in total. The Hall–Kier alpha value is -4.17. The smallest absolute Gasteiger partial charge is 0.264 e. The maximum absolute atomic E-state index is 13.5. The average Bonchev–Trinajstić information content (AvgIpc) is 3.33. The molecule has 0 radical (unpaired) electrons. The zero-order valence-corrected chi connectivity index (χ0v) is 20.5. The average molecular weight is 500 g/mol. The van der Waals surface area contributed by atoms with Gasteiger partial charge < -0.3 is 4.74 Å². The summed E-state index contributed by atoms with van der Waals surface area (Å²) in [5.74, 6) is -0.246. The Kier molecular flexibility index (Phi) is 6.43. The molecule has 5 rings (SSSR count). The normalized spacial score (nSPS) is 12.7. The maximum atomic E-state index is 13.5. The standard InChI is InChI=1S/C28H25N3O4S/c1-35-26-13-6-5-12-25(26)31(36(33,34)23-9-3-2-4-10-23)19-27(32)30-29-18-22-17-16-21-15-14-20-8-7-11-24(22)28(20)21/h2-13,16-18H,14-15,19H2,1H3,(H,30,32)/b29-18-. The highest BCUT2D eigenvalue weighted by Crippen LogP contribution is 2.33. The van der Waals surface area contributed by atoms with Gasteiger partial charge in [0, 0.05) is 5.56 Å². The Labute approximate surface area is 210 Å². The van der Waals surface area contributed by atoms with Gasteiger partial charge in [-0.25, -0.2) is 13.8 Å². The van der Waals surface area contributed by atoms with Crippen LogP contribution in [0.2, 0.25) is 0 Å². The van der Waals surface area contributed by atoms with E-state index in [1.54, 1.807) is 48.7 Å². The molecule has 1 aliphatic rings. The van der Waals surface area contributed by atoms with E-state index in [1.165, 1.54) is 35.8 Å². The minimum Gasteiger partial charge on any atom is -0.495 e. The summed E-state index contributed by atoms with van der Waals surface area (Å²) in [6.45, 7) is -0.473. The fraction of sp³-hybridized carbons (Fsp3) is 0.143. The van der Waals surface area contributed by atoms with Crippen LogP contribution in [0.4, 0.5) is 5.69 Å². The Morgan fingerprint density at radius 3 is 2.44 bits per heavy atom. The predicted octanol–water partition coefficient (Wildman–Crippen LogP) is 4.29. The largest absolute Gasteiger partial charge is 0.495 e. The van der Waals surface area contributed by atoms with E-state index in [0.29, 0.717) is 5.75 Å². The van der Waals surface area contributed by atoms with Crippen LogP contribution >= 0.6 is 0 Å². The SMILES string of the molecule is COc1ccccc1N(CC(=O)N/N=C\c1ccc2c3c(cccc13)CC2)S(=O)(=O)c1ccccc1. The van der Waals surface area contributed by atoms with E-state index in [-0.39, 0.29) is 10.6 Å². The third-order valence-electron chi connectivity index (χ3n) is 6.28. The second-order valence-corrected chi connectivity index (χ2v) is 10.3. The summed E-state index contributed by atoms with van der Waals surface area (Å²) in [5, 5.41) is 6.48. The predicted molar refractivity (Wildman–Crippen MR) is 141 cm³/mol. The van der Waals surface area contributed by atoms with E-state index in [4.69, 9.17) is 4.74 Å². The van der Waals surface area contributed by atoms with Crippen molar-refractivity contribution in [3.63, 3.8) is 0 Å². The molecule has 7 nitrogen and oxygen atoms in total. The Morgan fingerprint density at radius 1 is 0.944 bits per heavy atom. The molecule has 4 aromatic rings. The number of ether oxygens (including phenoxy) is 1. The highest BCUT2D eigenvalue weighted by Gasteiger charge is 2.29. The van der Waals surface area contributed by atoms with Crippen molar-refractivity contribution in [3.05, 3.63) is 102 Å². The van der Waals surface area contributed by atoms with Crippen molar-refractivity contribution in [2.45, 2.75) is 17.7 Å². The first-order chi connectivity index (χ1) is 17.5. The van der Waals surface area contributed by atoms with Crippen LogP contribution in [0.1, 0.15) is 16.7 Å². The first-order valence-electron chi connectivity index (χ1n) is 11.6. The van der Waals surface area contributed by atoms with Gasteiger partial charge in [-0.05, 0) is 59.0 Å². The van der Waals surface area contributed by atoms with Gasteiger partial charge in [0.15, 0.2) is 0 Å².